The Morgan fingerprint density at radius 2 is 1.50 bits per heavy atom. The van der Waals surface area contributed by atoms with Crippen LogP contribution < -0.4 is 4.74 Å². The van der Waals surface area contributed by atoms with E-state index in [-0.39, 0.29) is 5.76 Å². The van der Waals surface area contributed by atoms with Gasteiger partial charge in [-0.15, -0.1) is 0 Å². The summed E-state index contributed by atoms with van der Waals surface area (Å²) in [4.78, 5) is 12.2. The van der Waals surface area contributed by atoms with Crippen LogP contribution in [0.4, 0.5) is 0 Å². The smallest absolute Gasteiger partial charge is 0.373 e. The summed E-state index contributed by atoms with van der Waals surface area (Å²) >= 11 is 0. The van der Waals surface area contributed by atoms with Crippen LogP contribution in [0.5, 0.6) is 5.75 Å². The Labute approximate surface area is 155 Å². The average molecular weight is 354 g/mol. The second-order valence-corrected chi connectivity index (χ2v) is 5.61. The molecule has 2 aromatic carbocycles. The van der Waals surface area contributed by atoms with Gasteiger partial charge in [0.05, 0.1) is 13.2 Å². The van der Waals surface area contributed by atoms with Gasteiger partial charge < -0.3 is 14.2 Å². The van der Waals surface area contributed by atoms with Gasteiger partial charge in [0.2, 0.25) is 5.76 Å². The molecule has 0 saturated heterocycles. The Balaban J connectivity index is 2.17. The van der Waals surface area contributed by atoms with E-state index in [0.717, 1.165) is 22.4 Å². The van der Waals surface area contributed by atoms with E-state index in [0.29, 0.717) is 26.2 Å². The van der Waals surface area contributed by atoms with Crippen molar-refractivity contribution in [2.75, 3.05) is 13.2 Å². The van der Waals surface area contributed by atoms with E-state index >= 15 is 0 Å². The molecule has 4 heteroatoms. The zero-order valence-electron chi connectivity index (χ0n) is 15.7. The number of hydrogen-bond acceptors (Lipinski definition) is 4. The minimum Gasteiger partial charge on any atom is -0.489 e. The van der Waals surface area contributed by atoms with E-state index < -0.39 is 5.97 Å². The maximum atomic E-state index is 12.2. The molecule has 0 atom stereocenters. The third-order valence-corrected chi connectivity index (χ3v) is 3.83. The minimum atomic E-state index is -0.421. The summed E-state index contributed by atoms with van der Waals surface area (Å²) in [7, 11) is 0. The highest BCUT2D eigenvalue weighted by molar-refractivity contribution is 5.95. The van der Waals surface area contributed by atoms with Crippen molar-refractivity contribution in [3.05, 3.63) is 71.5 Å². The standard InChI is InChI=1S/C22H26O4/c1-4-20(21(24-5-2)22(23)25-6-3)18-12-14-19(15-13-18)26-16-17-10-8-7-9-11-17/h7-15H,4-6,16H2,1-3H3/b21-20+. The van der Waals surface area contributed by atoms with Crippen LogP contribution in [0.15, 0.2) is 60.4 Å². The Hall–Kier alpha value is -2.75. The first-order valence-electron chi connectivity index (χ1n) is 8.99. The molecule has 0 heterocycles. The first kappa shape index (κ1) is 19.6. The summed E-state index contributed by atoms with van der Waals surface area (Å²) in [5.74, 6) is 0.646. The third kappa shape index (κ3) is 5.38. The monoisotopic (exact) mass is 354 g/mol. The molecule has 0 aliphatic rings. The summed E-state index contributed by atoms with van der Waals surface area (Å²) in [6, 6.07) is 17.7. The molecule has 0 spiro atoms. The van der Waals surface area contributed by atoms with E-state index in [1.54, 1.807) is 6.92 Å². The number of benzene rings is 2. The number of carbonyl (C=O) groups excluding carboxylic acids is 1. The quantitative estimate of drug-likeness (QED) is 0.362. The van der Waals surface area contributed by atoms with Crippen LogP contribution in [0.25, 0.3) is 5.57 Å². The van der Waals surface area contributed by atoms with Gasteiger partial charge in [0.15, 0.2) is 0 Å². The Morgan fingerprint density at radius 3 is 2.08 bits per heavy atom. The summed E-state index contributed by atoms with van der Waals surface area (Å²) < 4.78 is 16.5. The number of ether oxygens (including phenoxy) is 3. The number of esters is 1. The third-order valence-electron chi connectivity index (χ3n) is 3.83. The van der Waals surface area contributed by atoms with Gasteiger partial charge in [0.1, 0.15) is 12.4 Å². The largest absolute Gasteiger partial charge is 0.489 e. The fraction of sp³-hybridized carbons (Fsp3) is 0.318. The zero-order chi connectivity index (χ0) is 18.8. The van der Waals surface area contributed by atoms with Crippen LogP contribution in [0.3, 0.4) is 0 Å². The average Bonchev–Trinajstić information content (AvgIpc) is 2.68. The normalized spacial score (nSPS) is 11.5. The lowest BCUT2D eigenvalue weighted by molar-refractivity contribution is -0.142. The van der Waals surface area contributed by atoms with E-state index in [4.69, 9.17) is 14.2 Å². The van der Waals surface area contributed by atoms with Crippen LogP contribution in [-0.2, 0) is 20.9 Å². The molecule has 0 aromatic heterocycles. The molecule has 0 fully saturated rings. The molecule has 0 amide bonds. The lowest BCUT2D eigenvalue weighted by Crippen LogP contribution is -2.13. The van der Waals surface area contributed by atoms with Gasteiger partial charge in [-0.1, -0.05) is 49.4 Å². The van der Waals surface area contributed by atoms with Gasteiger partial charge in [-0.25, -0.2) is 4.79 Å². The summed E-state index contributed by atoms with van der Waals surface area (Å²) in [5.41, 5.74) is 2.88. The van der Waals surface area contributed by atoms with Crippen molar-refractivity contribution < 1.29 is 19.0 Å². The molecule has 0 bridgehead atoms. The molecule has 0 radical (unpaired) electrons. The Morgan fingerprint density at radius 1 is 0.846 bits per heavy atom. The molecule has 2 rings (SSSR count). The predicted molar refractivity (Wildman–Crippen MR) is 103 cm³/mol. The van der Waals surface area contributed by atoms with Crippen molar-refractivity contribution >= 4 is 11.5 Å². The van der Waals surface area contributed by atoms with Crippen molar-refractivity contribution in [3.8, 4) is 5.75 Å². The second-order valence-electron chi connectivity index (χ2n) is 5.61. The Kier molecular flexibility index (Phi) is 7.75. The molecule has 0 aliphatic heterocycles. The fourth-order valence-electron chi connectivity index (χ4n) is 2.60. The molecule has 138 valence electrons. The van der Waals surface area contributed by atoms with Crippen LogP contribution in [0.1, 0.15) is 38.3 Å². The molecular formula is C22H26O4. The summed E-state index contributed by atoms with van der Waals surface area (Å²) in [5, 5.41) is 0. The van der Waals surface area contributed by atoms with E-state index in [1.807, 2.05) is 68.4 Å². The molecule has 0 unspecified atom stereocenters. The number of allylic oxidation sites excluding steroid dienone is 1. The fourth-order valence-corrected chi connectivity index (χ4v) is 2.60. The molecule has 0 N–H and O–H groups in total. The van der Waals surface area contributed by atoms with Crippen LogP contribution >= 0.6 is 0 Å². The highest BCUT2D eigenvalue weighted by atomic mass is 16.6. The van der Waals surface area contributed by atoms with E-state index in [1.165, 1.54) is 0 Å². The SMILES string of the molecule is CCOC(=O)/C(OCC)=C(/CC)c1ccc(OCc2ccccc2)cc1. The van der Waals surface area contributed by atoms with Gasteiger partial charge in [-0.3, -0.25) is 0 Å². The number of rotatable bonds is 9. The van der Waals surface area contributed by atoms with Gasteiger partial charge >= 0.3 is 5.97 Å². The number of hydrogen-bond donors (Lipinski definition) is 0. The van der Waals surface area contributed by atoms with Crippen molar-refractivity contribution in [2.24, 2.45) is 0 Å². The van der Waals surface area contributed by atoms with Gasteiger partial charge in [0.25, 0.3) is 0 Å². The molecule has 0 aliphatic carbocycles. The van der Waals surface area contributed by atoms with Crippen molar-refractivity contribution in [1.29, 1.82) is 0 Å². The molecule has 4 nitrogen and oxygen atoms in total. The van der Waals surface area contributed by atoms with E-state index in [9.17, 15) is 4.79 Å². The summed E-state index contributed by atoms with van der Waals surface area (Å²) in [6.45, 7) is 6.88. The van der Waals surface area contributed by atoms with Crippen molar-refractivity contribution in [2.45, 2.75) is 33.8 Å². The first-order valence-corrected chi connectivity index (χ1v) is 8.99. The maximum Gasteiger partial charge on any atom is 0.373 e. The summed E-state index contributed by atoms with van der Waals surface area (Å²) in [6.07, 6.45) is 0.665. The lowest BCUT2D eigenvalue weighted by Gasteiger charge is -2.14. The van der Waals surface area contributed by atoms with Gasteiger partial charge in [-0.2, -0.15) is 0 Å². The number of carbonyl (C=O) groups is 1. The Bertz CT molecular complexity index is 718. The van der Waals surface area contributed by atoms with Crippen molar-refractivity contribution in [1.82, 2.24) is 0 Å². The van der Waals surface area contributed by atoms with Gasteiger partial charge in [0, 0.05) is 5.57 Å². The maximum absolute atomic E-state index is 12.2. The highest BCUT2D eigenvalue weighted by Gasteiger charge is 2.18. The van der Waals surface area contributed by atoms with Crippen LogP contribution in [-0.4, -0.2) is 19.2 Å². The minimum absolute atomic E-state index is 0.287. The van der Waals surface area contributed by atoms with Crippen molar-refractivity contribution in [3.63, 3.8) is 0 Å². The van der Waals surface area contributed by atoms with Gasteiger partial charge in [-0.05, 0) is 43.5 Å². The lowest BCUT2D eigenvalue weighted by atomic mass is 10.0. The topological polar surface area (TPSA) is 44.8 Å². The predicted octanol–water partition coefficient (Wildman–Crippen LogP) is 4.99. The first-order chi connectivity index (χ1) is 12.7. The highest BCUT2D eigenvalue weighted by Crippen LogP contribution is 2.26. The molecule has 2 aromatic rings. The molecule has 0 saturated carbocycles. The second kappa shape index (κ2) is 10.3. The molecular weight excluding hydrogens is 328 g/mol. The van der Waals surface area contributed by atoms with Crippen LogP contribution in [0, 0.1) is 0 Å². The van der Waals surface area contributed by atoms with Crippen LogP contribution in [0.2, 0.25) is 0 Å². The zero-order valence-corrected chi connectivity index (χ0v) is 15.7. The molecule has 26 heavy (non-hydrogen) atoms. The van der Waals surface area contributed by atoms with E-state index in [2.05, 4.69) is 0 Å².